The number of hydrogen-bond acceptors (Lipinski definition) is 6. The predicted molar refractivity (Wildman–Crippen MR) is 83.3 cm³/mol. The van der Waals surface area contributed by atoms with Crippen LogP contribution in [0.15, 0.2) is 18.3 Å². The lowest BCUT2D eigenvalue weighted by atomic mass is 10.2. The summed E-state index contributed by atoms with van der Waals surface area (Å²) in [6.45, 7) is 3.87. The molecule has 0 fully saturated rings. The van der Waals surface area contributed by atoms with Crippen LogP contribution in [-0.4, -0.2) is 49.3 Å². The molecular formula is C15H16N6O3. The van der Waals surface area contributed by atoms with Crippen molar-refractivity contribution in [2.45, 2.75) is 26.2 Å². The number of pyridine rings is 1. The normalized spacial score (nSPS) is 13.5. The highest BCUT2D eigenvalue weighted by Crippen LogP contribution is 2.20. The predicted octanol–water partition coefficient (Wildman–Crippen LogP) is 0.948. The van der Waals surface area contributed by atoms with Crippen LogP contribution < -0.4 is 5.32 Å². The van der Waals surface area contributed by atoms with E-state index in [0.29, 0.717) is 5.82 Å². The Bertz CT molecular complexity index is 778. The largest absolute Gasteiger partial charge is 0.293 e. The third kappa shape index (κ3) is 2.87. The molecule has 1 aliphatic rings. The van der Waals surface area contributed by atoms with E-state index in [2.05, 4.69) is 25.5 Å². The minimum atomic E-state index is -0.483. The molecule has 124 valence electrons. The molecule has 0 saturated carbocycles. The lowest BCUT2D eigenvalue weighted by Crippen LogP contribution is -2.33. The topological polar surface area (TPSA) is 121 Å². The van der Waals surface area contributed by atoms with Gasteiger partial charge in [-0.05, 0) is 12.1 Å². The fourth-order valence-electron chi connectivity index (χ4n) is 2.31. The number of aromatic amines is 1. The lowest BCUT2D eigenvalue weighted by Gasteiger charge is -2.12. The second-order valence-electron chi connectivity index (χ2n) is 5.66. The van der Waals surface area contributed by atoms with E-state index >= 15 is 0 Å². The molecule has 0 atom stereocenters. The van der Waals surface area contributed by atoms with Gasteiger partial charge in [0.1, 0.15) is 11.5 Å². The maximum atomic E-state index is 12.2. The number of nitrogens with zero attached hydrogens (tertiary/aromatic N) is 4. The first-order valence-electron chi connectivity index (χ1n) is 7.50. The van der Waals surface area contributed by atoms with E-state index < -0.39 is 11.8 Å². The summed E-state index contributed by atoms with van der Waals surface area (Å²) in [6.07, 6.45) is 1.41. The zero-order valence-corrected chi connectivity index (χ0v) is 13.2. The summed E-state index contributed by atoms with van der Waals surface area (Å²) in [5, 5.41) is 9.16. The Morgan fingerprint density at radius 1 is 1.33 bits per heavy atom. The second kappa shape index (κ2) is 6.19. The monoisotopic (exact) mass is 328 g/mol. The van der Waals surface area contributed by atoms with Crippen molar-refractivity contribution in [2.75, 3.05) is 11.9 Å². The van der Waals surface area contributed by atoms with Gasteiger partial charge in [-0.25, -0.2) is 0 Å². The standard InChI is InChI=1S/C15H16N6O3/c1-8(2)12-18-15(20-19-12)17-10(22)5-7-21-13(23)9-4-3-6-16-11(9)14(21)24/h3-4,6,8H,5,7H2,1-2H3,(H2,17,18,19,20,22). The fraction of sp³-hybridized carbons (Fsp3) is 0.333. The van der Waals surface area contributed by atoms with E-state index in [4.69, 9.17) is 0 Å². The average Bonchev–Trinajstić information content (AvgIpc) is 3.11. The number of carbonyl (C=O) groups is 3. The Kier molecular flexibility index (Phi) is 4.07. The minimum absolute atomic E-state index is 0.0265. The van der Waals surface area contributed by atoms with Crippen molar-refractivity contribution in [3.05, 3.63) is 35.4 Å². The molecule has 0 spiro atoms. The van der Waals surface area contributed by atoms with E-state index in [9.17, 15) is 14.4 Å². The minimum Gasteiger partial charge on any atom is -0.293 e. The van der Waals surface area contributed by atoms with Gasteiger partial charge >= 0.3 is 0 Å². The van der Waals surface area contributed by atoms with Gasteiger partial charge in [0.05, 0.1) is 5.56 Å². The Hall–Kier alpha value is -3.10. The van der Waals surface area contributed by atoms with E-state index in [1.54, 1.807) is 12.1 Å². The molecule has 2 N–H and O–H groups in total. The van der Waals surface area contributed by atoms with Crippen molar-refractivity contribution in [3.8, 4) is 0 Å². The average molecular weight is 328 g/mol. The van der Waals surface area contributed by atoms with Crippen LogP contribution in [0, 0.1) is 0 Å². The third-order valence-electron chi connectivity index (χ3n) is 3.59. The first kappa shape index (κ1) is 15.8. The molecule has 1 aliphatic heterocycles. The van der Waals surface area contributed by atoms with Gasteiger partial charge in [-0.15, -0.1) is 5.10 Å². The highest BCUT2D eigenvalue weighted by atomic mass is 16.2. The molecule has 0 radical (unpaired) electrons. The van der Waals surface area contributed by atoms with Crippen molar-refractivity contribution < 1.29 is 14.4 Å². The molecular weight excluding hydrogens is 312 g/mol. The molecule has 3 rings (SSSR count). The highest BCUT2D eigenvalue weighted by Gasteiger charge is 2.36. The van der Waals surface area contributed by atoms with Gasteiger partial charge in [0.15, 0.2) is 0 Å². The van der Waals surface area contributed by atoms with E-state index in [-0.39, 0.29) is 42.0 Å². The quantitative estimate of drug-likeness (QED) is 0.788. The number of carbonyl (C=O) groups excluding carboxylic acids is 3. The molecule has 2 aromatic rings. The van der Waals surface area contributed by atoms with E-state index in [1.807, 2.05) is 13.8 Å². The lowest BCUT2D eigenvalue weighted by molar-refractivity contribution is -0.116. The van der Waals surface area contributed by atoms with Crippen LogP contribution >= 0.6 is 0 Å². The third-order valence-corrected chi connectivity index (χ3v) is 3.59. The summed E-state index contributed by atoms with van der Waals surface area (Å²) in [6, 6.07) is 3.14. The Labute approximate surface area is 137 Å². The number of anilines is 1. The summed E-state index contributed by atoms with van der Waals surface area (Å²) in [5.41, 5.74) is 0.386. The van der Waals surface area contributed by atoms with Crippen molar-refractivity contribution in [1.29, 1.82) is 0 Å². The van der Waals surface area contributed by atoms with Gasteiger partial charge in [-0.3, -0.25) is 34.7 Å². The number of fused-ring (bicyclic) bond motifs is 1. The number of rotatable bonds is 5. The van der Waals surface area contributed by atoms with Crippen molar-refractivity contribution >= 4 is 23.7 Å². The highest BCUT2D eigenvalue weighted by molar-refractivity contribution is 6.20. The molecule has 0 bridgehead atoms. The van der Waals surface area contributed by atoms with Gasteiger partial charge in [0.25, 0.3) is 11.8 Å². The van der Waals surface area contributed by atoms with Crippen LogP contribution in [0.4, 0.5) is 5.95 Å². The van der Waals surface area contributed by atoms with Gasteiger partial charge in [0, 0.05) is 25.1 Å². The molecule has 0 unspecified atom stereocenters. The van der Waals surface area contributed by atoms with E-state index in [0.717, 1.165) is 4.90 Å². The molecule has 9 heteroatoms. The number of hydrogen-bond donors (Lipinski definition) is 2. The van der Waals surface area contributed by atoms with Gasteiger partial charge < -0.3 is 0 Å². The molecule has 24 heavy (non-hydrogen) atoms. The van der Waals surface area contributed by atoms with Crippen LogP contribution in [0.2, 0.25) is 0 Å². The zero-order valence-electron chi connectivity index (χ0n) is 13.2. The summed E-state index contributed by atoms with van der Waals surface area (Å²) in [4.78, 5) is 45.3. The molecule has 3 heterocycles. The smallest absolute Gasteiger partial charge is 0.280 e. The first-order valence-corrected chi connectivity index (χ1v) is 7.50. The van der Waals surface area contributed by atoms with Crippen LogP contribution in [-0.2, 0) is 4.79 Å². The summed E-state index contributed by atoms with van der Waals surface area (Å²) in [7, 11) is 0. The van der Waals surface area contributed by atoms with Crippen LogP contribution in [0.1, 0.15) is 52.9 Å². The first-order chi connectivity index (χ1) is 11.5. The maximum absolute atomic E-state index is 12.2. The van der Waals surface area contributed by atoms with Crippen molar-refractivity contribution in [3.63, 3.8) is 0 Å². The molecule has 9 nitrogen and oxygen atoms in total. The summed E-state index contributed by atoms with van der Waals surface area (Å²) in [5.74, 6) is -0.299. The number of H-pyrrole nitrogens is 1. The Morgan fingerprint density at radius 2 is 2.12 bits per heavy atom. The van der Waals surface area contributed by atoms with Crippen molar-refractivity contribution in [2.24, 2.45) is 0 Å². The number of amides is 3. The van der Waals surface area contributed by atoms with Crippen LogP contribution in [0.5, 0.6) is 0 Å². The van der Waals surface area contributed by atoms with Crippen molar-refractivity contribution in [1.82, 2.24) is 25.1 Å². The van der Waals surface area contributed by atoms with E-state index in [1.165, 1.54) is 6.20 Å². The Balaban J connectivity index is 1.59. The molecule has 3 amide bonds. The molecule has 2 aromatic heterocycles. The summed E-state index contributed by atoms with van der Waals surface area (Å²) < 4.78 is 0. The number of nitrogens with one attached hydrogen (secondary N) is 2. The summed E-state index contributed by atoms with van der Waals surface area (Å²) >= 11 is 0. The van der Waals surface area contributed by atoms with Gasteiger partial charge in [-0.1, -0.05) is 13.8 Å². The van der Waals surface area contributed by atoms with Gasteiger partial charge in [-0.2, -0.15) is 4.98 Å². The molecule has 0 aliphatic carbocycles. The van der Waals surface area contributed by atoms with Gasteiger partial charge in [0.2, 0.25) is 11.9 Å². The van der Waals surface area contributed by atoms with Crippen LogP contribution in [0.25, 0.3) is 0 Å². The Morgan fingerprint density at radius 3 is 2.79 bits per heavy atom. The fourth-order valence-corrected chi connectivity index (χ4v) is 2.31. The zero-order chi connectivity index (χ0) is 17.3. The molecule has 0 saturated heterocycles. The maximum Gasteiger partial charge on any atom is 0.280 e. The van der Waals surface area contributed by atoms with Crippen LogP contribution in [0.3, 0.4) is 0 Å². The second-order valence-corrected chi connectivity index (χ2v) is 5.66. The number of imide groups is 1. The molecule has 0 aromatic carbocycles. The number of aromatic nitrogens is 4. The SMILES string of the molecule is CC(C)c1nc(NC(=O)CCN2C(=O)c3cccnc3C2=O)n[nH]1.